The van der Waals surface area contributed by atoms with Gasteiger partial charge in [0.15, 0.2) is 0 Å². The lowest BCUT2D eigenvalue weighted by Crippen LogP contribution is -2.31. The van der Waals surface area contributed by atoms with Crippen molar-refractivity contribution in [2.75, 3.05) is 0 Å². The number of carboxylic acid groups (broad SMARTS) is 1. The molecule has 0 radical (unpaired) electrons. The Morgan fingerprint density at radius 3 is 2.94 bits per heavy atom. The van der Waals surface area contributed by atoms with Gasteiger partial charge in [-0.1, -0.05) is 18.9 Å². The van der Waals surface area contributed by atoms with E-state index in [1.807, 2.05) is 17.5 Å². The van der Waals surface area contributed by atoms with E-state index in [2.05, 4.69) is 12.2 Å². The summed E-state index contributed by atoms with van der Waals surface area (Å²) in [6.07, 6.45) is 4.01. The van der Waals surface area contributed by atoms with E-state index in [9.17, 15) is 4.79 Å². The third-order valence-corrected chi connectivity index (χ3v) is 4.12. The Morgan fingerprint density at radius 1 is 1.65 bits per heavy atom. The van der Waals surface area contributed by atoms with Crippen LogP contribution < -0.4 is 5.32 Å². The molecule has 3 nitrogen and oxygen atoms in total. The smallest absolute Gasteiger partial charge is 0.305 e. The van der Waals surface area contributed by atoms with Crippen LogP contribution in [0, 0.1) is 5.92 Å². The predicted octanol–water partition coefficient (Wildman–Crippen LogP) is 3.04. The molecule has 1 aromatic heterocycles. The standard InChI is InChI=1S/C13H19NO2S/c1-9(7-10-4-5-10)14-11(8-13(15)16)12-3-2-6-17-12/h2-3,6,9-11,14H,4-5,7-8H2,1H3,(H,15,16). The highest BCUT2D eigenvalue weighted by Gasteiger charge is 2.25. The van der Waals surface area contributed by atoms with Crippen molar-refractivity contribution in [2.24, 2.45) is 5.92 Å². The maximum Gasteiger partial charge on any atom is 0.305 e. The monoisotopic (exact) mass is 253 g/mol. The van der Waals surface area contributed by atoms with Crippen molar-refractivity contribution in [3.8, 4) is 0 Å². The van der Waals surface area contributed by atoms with Crippen molar-refractivity contribution < 1.29 is 9.90 Å². The van der Waals surface area contributed by atoms with E-state index in [1.54, 1.807) is 11.3 Å². The van der Waals surface area contributed by atoms with E-state index < -0.39 is 5.97 Å². The number of thiophene rings is 1. The predicted molar refractivity (Wildman–Crippen MR) is 69.3 cm³/mol. The normalized spacial score (nSPS) is 18.9. The van der Waals surface area contributed by atoms with Crippen LogP contribution in [0.15, 0.2) is 17.5 Å². The molecule has 0 amide bonds. The fraction of sp³-hybridized carbons (Fsp3) is 0.615. The maximum atomic E-state index is 10.9. The van der Waals surface area contributed by atoms with Crippen molar-refractivity contribution in [1.82, 2.24) is 5.32 Å². The second-order valence-electron chi connectivity index (χ2n) is 4.91. The first-order valence-electron chi connectivity index (χ1n) is 6.16. The molecule has 1 aromatic rings. The van der Waals surface area contributed by atoms with Gasteiger partial charge in [-0.05, 0) is 30.7 Å². The van der Waals surface area contributed by atoms with Crippen molar-refractivity contribution in [3.63, 3.8) is 0 Å². The SMILES string of the molecule is CC(CC1CC1)NC(CC(=O)O)c1cccs1. The molecule has 0 aliphatic heterocycles. The van der Waals surface area contributed by atoms with E-state index in [0.717, 1.165) is 10.8 Å². The van der Waals surface area contributed by atoms with Gasteiger partial charge in [0.25, 0.3) is 0 Å². The van der Waals surface area contributed by atoms with Gasteiger partial charge in [-0.3, -0.25) is 4.79 Å². The number of rotatable bonds is 7. The highest BCUT2D eigenvalue weighted by Crippen LogP contribution is 2.34. The molecule has 2 rings (SSSR count). The summed E-state index contributed by atoms with van der Waals surface area (Å²) < 4.78 is 0. The van der Waals surface area contributed by atoms with Crippen molar-refractivity contribution in [2.45, 2.75) is 44.7 Å². The second kappa shape index (κ2) is 5.65. The third kappa shape index (κ3) is 4.13. The fourth-order valence-electron chi connectivity index (χ4n) is 2.17. The Hall–Kier alpha value is -0.870. The molecule has 1 fully saturated rings. The first-order valence-corrected chi connectivity index (χ1v) is 7.04. The van der Waals surface area contributed by atoms with Crippen LogP contribution in [0.1, 0.15) is 43.5 Å². The fourth-order valence-corrected chi connectivity index (χ4v) is 2.96. The number of carbonyl (C=O) groups is 1. The average molecular weight is 253 g/mol. The summed E-state index contributed by atoms with van der Waals surface area (Å²) in [7, 11) is 0. The van der Waals surface area contributed by atoms with Gasteiger partial charge >= 0.3 is 5.97 Å². The number of hydrogen-bond donors (Lipinski definition) is 2. The zero-order valence-electron chi connectivity index (χ0n) is 10.1. The zero-order valence-corrected chi connectivity index (χ0v) is 10.9. The molecule has 1 aliphatic carbocycles. The van der Waals surface area contributed by atoms with E-state index in [1.165, 1.54) is 19.3 Å². The quantitative estimate of drug-likeness (QED) is 0.785. The first-order chi connectivity index (χ1) is 8.15. The molecule has 0 aromatic carbocycles. The maximum absolute atomic E-state index is 10.9. The van der Waals surface area contributed by atoms with Crippen LogP contribution in [0.4, 0.5) is 0 Å². The highest BCUT2D eigenvalue weighted by molar-refractivity contribution is 7.10. The number of hydrogen-bond acceptors (Lipinski definition) is 3. The lowest BCUT2D eigenvalue weighted by Gasteiger charge is -2.21. The molecule has 0 bridgehead atoms. The summed E-state index contributed by atoms with van der Waals surface area (Å²) in [5, 5.41) is 14.4. The van der Waals surface area contributed by atoms with E-state index >= 15 is 0 Å². The molecule has 0 saturated heterocycles. The molecular weight excluding hydrogens is 234 g/mol. The molecule has 2 N–H and O–H groups in total. The van der Waals surface area contributed by atoms with Crippen molar-refractivity contribution >= 4 is 17.3 Å². The van der Waals surface area contributed by atoms with Crippen LogP contribution >= 0.6 is 11.3 Å². The second-order valence-corrected chi connectivity index (χ2v) is 5.89. The van der Waals surface area contributed by atoms with E-state index in [-0.39, 0.29) is 12.5 Å². The lowest BCUT2D eigenvalue weighted by atomic mass is 10.1. The molecule has 2 atom stereocenters. The van der Waals surface area contributed by atoms with Gasteiger partial charge < -0.3 is 10.4 Å². The van der Waals surface area contributed by atoms with Gasteiger partial charge in [-0.15, -0.1) is 11.3 Å². The number of carboxylic acids is 1. The van der Waals surface area contributed by atoms with Crippen LogP contribution in [-0.2, 0) is 4.79 Å². The largest absolute Gasteiger partial charge is 0.481 e. The number of aliphatic carboxylic acids is 1. The summed E-state index contributed by atoms with van der Waals surface area (Å²) in [4.78, 5) is 12.0. The minimum atomic E-state index is -0.741. The Bertz CT molecular complexity index is 360. The molecule has 1 aliphatic rings. The molecule has 0 spiro atoms. The van der Waals surface area contributed by atoms with Crippen LogP contribution in [0.5, 0.6) is 0 Å². The van der Waals surface area contributed by atoms with Gasteiger partial charge in [-0.25, -0.2) is 0 Å². The molecule has 2 unspecified atom stereocenters. The van der Waals surface area contributed by atoms with Crippen LogP contribution in [-0.4, -0.2) is 17.1 Å². The van der Waals surface area contributed by atoms with Gasteiger partial charge in [-0.2, -0.15) is 0 Å². The molecule has 1 heterocycles. The molecule has 1 saturated carbocycles. The van der Waals surface area contributed by atoms with Gasteiger partial charge in [0.05, 0.1) is 12.5 Å². The Kier molecular flexibility index (Phi) is 4.18. The summed E-state index contributed by atoms with van der Waals surface area (Å²) >= 11 is 1.62. The van der Waals surface area contributed by atoms with Crippen LogP contribution in [0.25, 0.3) is 0 Å². The molecular formula is C13H19NO2S. The van der Waals surface area contributed by atoms with Gasteiger partial charge in [0.1, 0.15) is 0 Å². The van der Waals surface area contributed by atoms with Crippen LogP contribution in [0.3, 0.4) is 0 Å². The van der Waals surface area contributed by atoms with E-state index in [4.69, 9.17) is 5.11 Å². The third-order valence-electron chi connectivity index (χ3n) is 3.13. The Labute approximate surface area is 106 Å². The first kappa shape index (κ1) is 12.6. The van der Waals surface area contributed by atoms with Crippen LogP contribution in [0.2, 0.25) is 0 Å². The number of nitrogens with one attached hydrogen (secondary N) is 1. The molecule has 94 valence electrons. The van der Waals surface area contributed by atoms with Gasteiger partial charge in [0.2, 0.25) is 0 Å². The molecule has 4 heteroatoms. The average Bonchev–Trinajstić information content (AvgIpc) is 2.90. The Morgan fingerprint density at radius 2 is 2.41 bits per heavy atom. The minimum absolute atomic E-state index is 0.0405. The summed E-state index contributed by atoms with van der Waals surface area (Å²) in [5.74, 6) is 0.126. The van der Waals surface area contributed by atoms with Crippen molar-refractivity contribution in [3.05, 3.63) is 22.4 Å². The topological polar surface area (TPSA) is 49.3 Å². The Balaban J connectivity index is 1.92. The summed E-state index contributed by atoms with van der Waals surface area (Å²) in [6, 6.07) is 4.34. The zero-order chi connectivity index (χ0) is 12.3. The van der Waals surface area contributed by atoms with E-state index in [0.29, 0.717) is 6.04 Å². The summed E-state index contributed by atoms with van der Waals surface area (Å²) in [5.41, 5.74) is 0. The van der Waals surface area contributed by atoms with Gasteiger partial charge in [0, 0.05) is 10.9 Å². The molecule has 17 heavy (non-hydrogen) atoms. The highest BCUT2D eigenvalue weighted by atomic mass is 32.1. The van der Waals surface area contributed by atoms with Crippen molar-refractivity contribution in [1.29, 1.82) is 0 Å². The lowest BCUT2D eigenvalue weighted by molar-refractivity contribution is -0.137. The summed E-state index contributed by atoms with van der Waals surface area (Å²) in [6.45, 7) is 2.15. The minimum Gasteiger partial charge on any atom is -0.481 e.